The molecule has 0 unspecified atom stereocenters. The van der Waals surface area contributed by atoms with Crippen LogP contribution in [0.1, 0.15) is 52.7 Å². The lowest BCUT2D eigenvalue weighted by Crippen LogP contribution is -2.60. The summed E-state index contributed by atoms with van der Waals surface area (Å²) < 4.78 is 27.1. The van der Waals surface area contributed by atoms with E-state index in [0.29, 0.717) is 10.0 Å². The lowest BCUT2D eigenvalue weighted by molar-refractivity contribution is 0.582. The maximum atomic E-state index is 7.16. The van der Waals surface area contributed by atoms with Crippen molar-refractivity contribution in [2.24, 2.45) is 0 Å². The van der Waals surface area contributed by atoms with Gasteiger partial charge in [0.1, 0.15) is 46.9 Å². The third kappa shape index (κ3) is 11.8. The van der Waals surface area contributed by atoms with Crippen LogP contribution in [0.4, 0.5) is 68.2 Å². The van der Waals surface area contributed by atoms with E-state index in [4.69, 9.17) is 40.9 Å². The van der Waals surface area contributed by atoms with E-state index in [2.05, 4.69) is 198 Å². The summed E-state index contributed by atoms with van der Waals surface area (Å²) in [5.74, 6) is 3.16. The highest BCUT2D eigenvalue weighted by molar-refractivity contribution is 9.10. The van der Waals surface area contributed by atoms with Crippen LogP contribution in [0.5, 0.6) is 0 Å². The molecule has 2 aliphatic heterocycles. The van der Waals surface area contributed by atoms with E-state index in [1.54, 1.807) is 12.5 Å². The Morgan fingerprint density at radius 3 is 1.02 bits per heavy atom. The first-order valence-corrected chi connectivity index (χ1v) is 33.7. The number of hydrogen-bond donors (Lipinski definition) is 0. The smallest absolute Gasteiger partial charge is 0.342 e. The number of furan rings is 4. The molecule has 0 fully saturated rings. The highest BCUT2D eigenvalue weighted by Gasteiger charge is 2.49. The molecule has 10 aromatic carbocycles. The number of para-hydroxylation sites is 2. The second-order valence-electron chi connectivity index (χ2n) is 26.2. The van der Waals surface area contributed by atoms with Gasteiger partial charge in [0.15, 0.2) is 0 Å². The molecule has 0 spiro atoms. The van der Waals surface area contributed by atoms with Crippen LogP contribution in [-0.4, -0.2) is 6.71 Å². The number of hydrogen-bond acceptors (Lipinski definition) is 8. The topological polar surface area (TPSA) is 65.5 Å². The van der Waals surface area contributed by atoms with Gasteiger partial charge in [0.25, 0.3) is 0 Å². The SMILES string of the molecule is CC(C)(C)c1ccc(N2c3cc(-c4ccccc4)oc3B3c4oc(-c5ccccc5)cc4N(c4ccc(C(C)(C)C)cc4)c4cc(Cl)cc2c43)cc1.Clc1cc(N(c2ccccc2)c2coc(-c3ccccc3)c2)c(Br)c(N(c2ccccc2)c2coc(-c3ccccc3)c2)c1. The number of nitrogens with zero attached hydrogens (tertiary/aromatic N) is 4. The minimum absolute atomic E-state index is 0.0250. The van der Waals surface area contributed by atoms with Gasteiger partial charge in [0, 0.05) is 90.7 Å². The summed E-state index contributed by atoms with van der Waals surface area (Å²) in [5.41, 5.74) is 20.8. The van der Waals surface area contributed by atoms with Gasteiger partial charge >= 0.3 is 6.71 Å². The second-order valence-corrected chi connectivity index (χ2v) is 27.8. The van der Waals surface area contributed by atoms with Crippen molar-refractivity contribution in [3.05, 3.63) is 317 Å². The normalized spacial score (nSPS) is 12.4. The van der Waals surface area contributed by atoms with Crippen LogP contribution in [0.25, 0.3) is 45.3 Å². The second kappa shape index (κ2) is 25.4. The van der Waals surface area contributed by atoms with E-state index >= 15 is 0 Å². The Kier molecular flexibility index (Phi) is 16.4. The number of fused-ring (bicyclic) bond motifs is 4. The summed E-state index contributed by atoms with van der Waals surface area (Å²) in [6.45, 7) is 13.2. The van der Waals surface area contributed by atoms with Crippen LogP contribution in [0.15, 0.2) is 314 Å². The molecule has 0 radical (unpaired) electrons. The molecule has 0 bridgehead atoms. The molecule has 0 saturated carbocycles. The highest BCUT2D eigenvalue weighted by Crippen LogP contribution is 2.52. The van der Waals surface area contributed by atoms with Crippen molar-refractivity contribution >= 4 is 131 Å². The van der Waals surface area contributed by atoms with Crippen molar-refractivity contribution in [1.29, 1.82) is 0 Å². The molecule has 14 aromatic rings. The maximum absolute atomic E-state index is 7.16. The molecule has 0 saturated heterocycles. The first-order valence-electron chi connectivity index (χ1n) is 32.1. The van der Waals surface area contributed by atoms with E-state index in [-0.39, 0.29) is 17.5 Å². The average molecular weight is 1360 g/mol. The molecule has 12 heteroatoms. The zero-order valence-electron chi connectivity index (χ0n) is 53.8. The van der Waals surface area contributed by atoms with E-state index < -0.39 is 0 Å². The van der Waals surface area contributed by atoms with Crippen LogP contribution >= 0.6 is 39.1 Å². The molecule has 96 heavy (non-hydrogen) atoms. The Bertz CT molecular complexity index is 4760. The summed E-state index contributed by atoms with van der Waals surface area (Å²) in [6, 6.07) is 95.5. The van der Waals surface area contributed by atoms with Crippen molar-refractivity contribution in [2.45, 2.75) is 52.4 Å². The monoisotopic (exact) mass is 1350 g/mol. The standard InChI is InChI=1S/C46H40BClN2O2.C38H26BrClN2O2/c1-45(2,3)31-17-21-34(22-18-31)49-36-25-33(48)26-37-42(36)47(43-38(49)27-40(51-43)29-13-9-7-10-14-29)44-39(28-41(52-44)30-15-11-8-12-16-30)50(37)35-23-19-32(20-24-35)46(4,5)6;39-38-34(41(30-17-9-3-10-18-30)32-23-36(43-25-32)27-13-5-1-6-14-27)21-29(40)22-35(38)42(31-19-11-4-12-20-31)33-24-37(44-26-33)28-15-7-2-8-16-28/h7-28H,1-6H3;1-26H. The molecule has 16 rings (SSSR count). The number of anilines is 12. The van der Waals surface area contributed by atoms with Crippen molar-refractivity contribution in [3.8, 4) is 45.3 Å². The molecule has 0 N–H and O–H groups in total. The largest absolute Gasteiger partial charge is 0.468 e. The minimum atomic E-state index is -0.308. The number of benzene rings is 10. The van der Waals surface area contributed by atoms with E-state index in [0.717, 1.165) is 135 Å². The van der Waals surface area contributed by atoms with Gasteiger partial charge in [0.2, 0.25) is 0 Å². The van der Waals surface area contributed by atoms with Crippen LogP contribution < -0.4 is 36.4 Å². The first-order chi connectivity index (χ1) is 46.6. The van der Waals surface area contributed by atoms with Gasteiger partial charge in [-0.25, -0.2) is 0 Å². The molecule has 2 aliphatic rings. The molecular weight excluding hydrogens is 1290 g/mol. The molecule has 0 amide bonds. The average Bonchev–Trinajstić information content (AvgIpc) is 1.42. The third-order valence-electron chi connectivity index (χ3n) is 17.8. The number of halogens is 3. The van der Waals surface area contributed by atoms with Gasteiger partial charge in [-0.15, -0.1) is 0 Å². The molecule has 4 aromatic heterocycles. The molecular formula is C84H66BBrCl2N4O4. The molecule has 0 aliphatic carbocycles. The van der Waals surface area contributed by atoms with Crippen molar-refractivity contribution in [2.75, 3.05) is 19.6 Å². The van der Waals surface area contributed by atoms with Crippen LogP contribution in [0.3, 0.4) is 0 Å². The molecule has 0 atom stereocenters. The lowest BCUT2D eigenvalue weighted by atomic mass is 9.38. The van der Waals surface area contributed by atoms with Gasteiger partial charge in [-0.1, -0.05) is 247 Å². The van der Waals surface area contributed by atoms with E-state index in [9.17, 15) is 0 Å². The Hall–Kier alpha value is -10.4. The summed E-state index contributed by atoms with van der Waals surface area (Å²) in [5, 5.41) is 1.24. The Balaban J connectivity index is 0.000000160. The molecule has 6 heterocycles. The summed E-state index contributed by atoms with van der Waals surface area (Å²) in [4.78, 5) is 8.91. The fourth-order valence-corrected chi connectivity index (χ4v) is 14.0. The summed E-state index contributed by atoms with van der Waals surface area (Å²) in [6.07, 6.45) is 3.55. The Morgan fingerprint density at radius 1 is 0.354 bits per heavy atom. The number of rotatable bonds is 12. The zero-order valence-corrected chi connectivity index (χ0v) is 56.9. The van der Waals surface area contributed by atoms with Crippen LogP contribution in [0.2, 0.25) is 10.0 Å². The Morgan fingerprint density at radius 2 is 0.677 bits per heavy atom. The quantitative estimate of drug-likeness (QED) is 0.112. The predicted octanol–water partition coefficient (Wildman–Crippen LogP) is 24.1. The van der Waals surface area contributed by atoms with Gasteiger partial charge in [-0.2, -0.15) is 0 Å². The van der Waals surface area contributed by atoms with Gasteiger partial charge < -0.3 is 37.3 Å². The van der Waals surface area contributed by atoms with Gasteiger partial charge in [-0.05, 0) is 116 Å². The van der Waals surface area contributed by atoms with Crippen molar-refractivity contribution in [1.82, 2.24) is 0 Å². The minimum Gasteiger partial charge on any atom is -0.468 e. The molecule has 8 nitrogen and oxygen atoms in total. The van der Waals surface area contributed by atoms with E-state index in [1.807, 2.05) is 158 Å². The maximum Gasteiger partial charge on any atom is 0.342 e. The van der Waals surface area contributed by atoms with Crippen LogP contribution in [0, 0.1) is 0 Å². The van der Waals surface area contributed by atoms with Crippen molar-refractivity contribution < 1.29 is 17.7 Å². The fourth-order valence-electron chi connectivity index (χ4n) is 13.0. The van der Waals surface area contributed by atoms with Gasteiger partial charge in [-0.3, -0.25) is 0 Å². The van der Waals surface area contributed by atoms with Gasteiger partial charge in [0.05, 0.1) is 38.6 Å². The fraction of sp³-hybridized carbons (Fsp3) is 0.0952. The lowest BCUT2D eigenvalue weighted by Gasteiger charge is -2.40. The summed E-state index contributed by atoms with van der Waals surface area (Å²) >= 11 is 18.1. The van der Waals surface area contributed by atoms with Crippen molar-refractivity contribution in [3.63, 3.8) is 0 Å². The van der Waals surface area contributed by atoms with Crippen LogP contribution in [-0.2, 0) is 10.8 Å². The molecule has 470 valence electrons. The first kappa shape index (κ1) is 61.8. The zero-order chi connectivity index (χ0) is 65.8. The van der Waals surface area contributed by atoms with E-state index in [1.165, 1.54) is 11.1 Å². The highest BCUT2D eigenvalue weighted by atomic mass is 79.9. The third-order valence-corrected chi connectivity index (χ3v) is 19.0. The summed E-state index contributed by atoms with van der Waals surface area (Å²) in [7, 11) is 0. The Labute approximate surface area is 579 Å². The predicted molar refractivity (Wildman–Crippen MR) is 402 cm³/mol.